The fourth-order valence-corrected chi connectivity index (χ4v) is 0.846. The summed E-state index contributed by atoms with van der Waals surface area (Å²) in [4.78, 5) is 0. The van der Waals surface area contributed by atoms with Crippen LogP contribution >= 0.6 is 0 Å². The van der Waals surface area contributed by atoms with Crippen molar-refractivity contribution < 1.29 is 13.2 Å². The van der Waals surface area contributed by atoms with Crippen molar-refractivity contribution in [3.63, 3.8) is 0 Å². The summed E-state index contributed by atoms with van der Waals surface area (Å²) in [7, 11) is 0. The number of hydrogen-bond acceptors (Lipinski definition) is 1. The van der Waals surface area contributed by atoms with E-state index >= 15 is 0 Å². The van der Waals surface area contributed by atoms with Gasteiger partial charge in [0.2, 0.25) is 0 Å². The second-order valence-corrected chi connectivity index (χ2v) is 2.82. The van der Waals surface area contributed by atoms with Crippen molar-refractivity contribution in [1.29, 1.82) is 0 Å². The zero-order valence-electron chi connectivity index (χ0n) is 9.00. The van der Waals surface area contributed by atoms with Gasteiger partial charge in [-0.3, -0.25) is 0 Å². The van der Waals surface area contributed by atoms with Crippen LogP contribution in [-0.4, -0.2) is 18.3 Å². The van der Waals surface area contributed by atoms with Gasteiger partial charge in [0.1, 0.15) is 6.04 Å². The van der Waals surface area contributed by atoms with Gasteiger partial charge in [-0.15, -0.1) is 0 Å². The Hall–Kier alpha value is -0.250. The molecular weight excluding hydrogens is 179 g/mol. The van der Waals surface area contributed by atoms with Crippen molar-refractivity contribution in [2.45, 2.75) is 59.3 Å². The molecule has 0 spiro atoms. The van der Waals surface area contributed by atoms with E-state index < -0.39 is 12.2 Å². The second-order valence-electron chi connectivity index (χ2n) is 2.82. The van der Waals surface area contributed by atoms with Gasteiger partial charge >= 0.3 is 6.18 Å². The number of rotatable bonds is 3. The molecule has 82 valence electrons. The number of nitrogens with one attached hydrogen (secondary N) is 1. The molecule has 0 heterocycles. The Bertz CT molecular complexity index is 110. The number of hydrogen-bond donors (Lipinski definition) is 1. The second kappa shape index (κ2) is 7.18. The molecule has 1 unspecified atom stereocenters. The van der Waals surface area contributed by atoms with E-state index in [0.29, 0.717) is 0 Å². The van der Waals surface area contributed by atoms with Crippen molar-refractivity contribution in [1.82, 2.24) is 5.32 Å². The standard InChI is InChI=1S/C7H14F3N.C2H6/c1-4-6(7(8,9)10)11-5(2)3;1-2/h5-6,11H,4H2,1-3H3;1-2H3. The lowest BCUT2D eigenvalue weighted by atomic mass is 10.2. The van der Waals surface area contributed by atoms with E-state index in [9.17, 15) is 13.2 Å². The minimum atomic E-state index is -4.11. The maximum Gasteiger partial charge on any atom is 0.403 e. The summed E-state index contributed by atoms with van der Waals surface area (Å²) in [5.41, 5.74) is 0. The third kappa shape index (κ3) is 8.09. The van der Waals surface area contributed by atoms with Gasteiger partial charge < -0.3 is 5.32 Å². The highest BCUT2D eigenvalue weighted by Gasteiger charge is 2.38. The van der Waals surface area contributed by atoms with Crippen molar-refractivity contribution in [2.24, 2.45) is 0 Å². The van der Waals surface area contributed by atoms with Crippen LogP contribution in [0.4, 0.5) is 13.2 Å². The average molecular weight is 199 g/mol. The summed E-state index contributed by atoms with van der Waals surface area (Å²) < 4.78 is 36.1. The Kier molecular flexibility index (Phi) is 8.42. The van der Waals surface area contributed by atoms with Crippen LogP contribution in [0, 0.1) is 0 Å². The molecule has 0 radical (unpaired) electrons. The molecule has 0 amide bonds. The van der Waals surface area contributed by atoms with E-state index in [1.54, 1.807) is 13.8 Å². The quantitative estimate of drug-likeness (QED) is 0.735. The molecule has 0 aliphatic rings. The summed E-state index contributed by atoms with van der Waals surface area (Å²) in [6, 6.07) is -1.48. The molecule has 0 aliphatic carbocycles. The van der Waals surface area contributed by atoms with Gasteiger partial charge in [0.25, 0.3) is 0 Å². The lowest BCUT2D eigenvalue weighted by Gasteiger charge is -2.22. The van der Waals surface area contributed by atoms with Crippen LogP contribution < -0.4 is 5.32 Å². The van der Waals surface area contributed by atoms with Crippen molar-refractivity contribution in [3.05, 3.63) is 0 Å². The van der Waals surface area contributed by atoms with Gasteiger partial charge in [0.15, 0.2) is 0 Å². The predicted octanol–water partition coefficient (Wildman–Crippen LogP) is 3.35. The Morgan fingerprint density at radius 2 is 1.54 bits per heavy atom. The summed E-state index contributed by atoms with van der Waals surface area (Å²) in [5, 5.41) is 2.44. The summed E-state index contributed by atoms with van der Waals surface area (Å²) in [5.74, 6) is 0. The van der Waals surface area contributed by atoms with E-state index in [-0.39, 0.29) is 12.5 Å². The molecule has 1 nitrogen and oxygen atoms in total. The summed E-state index contributed by atoms with van der Waals surface area (Å²) in [6.45, 7) is 8.93. The maximum atomic E-state index is 12.0. The van der Waals surface area contributed by atoms with Gasteiger partial charge in [-0.2, -0.15) is 13.2 Å². The van der Waals surface area contributed by atoms with E-state index in [1.165, 1.54) is 6.92 Å². The Morgan fingerprint density at radius 3 is 1.62 bits per heavy atom. The minimum absolute atomic E-state index is 0.0850. The third-order valence-electron chi connectivity index (χ3n) is 1.34. The zero-order chi connectivity index (χ0) is 11.1. The van der Waals surface area contributed by atoms with Crippen molar-refractivity contribution >= 4 is 0 Å². The SMILES string of the molecule is CC.CCC(NC(C)C)C(F)(F)F. The van der Waals surface area contributed by atoms with Crippen LogP contribution in [0.25, 0.3) is 0 Å². The van der Waals surface area contributed by atoms with Gasteiger partial charge in [-0.1, -0.05) is 34.6 Å². The van der Waals surface area contributed by atoms with Crippen LogP contribution in [0.15, 0.2) is 0 Å². The lowest BCUT2D eigenvalue weighted by Crippen LogP contribution is -2.44. The average Bonchev–Trinajstić information content (AvgIpc) is 2.01. The molecule has 0 rings (SSSR count). The maximum absolute atomic E-state index is 12.0. The van der Waals surface area contributed by atoms with Crippen molar-refractivity contribution in [3.8, 4) is 0 Å². The van der Waals surface area contributed by atoms with Crippen LogP contribution in [0.2, 0.25) is 0 Å². The Balaban J connectivity index is 0. The Morgan fingerprint density at radius 1 is 1.15 bits per heavy atom. The van der Waals surface area contributed by atoms with E-state index in [0.717, 1.165) is 0 Å². The molecule has 0 saturated heterocycles. The highest BCUT2D eigenvalue weighted by molar-refractivity contribution is 4.74. The molecule has 13 heavy (non-hydrogen) atoms. The number of halogens is 3. The predicted molar refractivity (Wildman–Crippen MR) is 49.8 cm³/mol. The van der Waals surface area contributed by atoms with Crippen LogP contribution in [0.5, 0.6) is 0 Å². The topological polar surface area (TPSA) is 12.0 Å². The van der Waals surface area contributed by atoms with Gasteiger partial charge in [0, 0.05) is 6.04 Å². The molecule has 0 aromatic carbocycles. The largest absolute Gasteiger partial charge is 0.403 e. The first kappa shape index (κ1) is 15.2. The van der Waals surface area contributed by atoms with Crippen molar-refractivity contribution in [2.75, 3.05) is 0 Å². The molecule has 0 aliphatic heterocycles. The molecule has 0 aromatic rings. The molecule has 1 atom stereocenters. The molecule has 1 N–H and O–H groups in total. The molecule has 0 saturated carbocycles. The molecule has 4 heteroatoms. The fraction of sp³-hybridized carbons (Fsp3) is 1.00. The first-order valence-electron chi connectivity index (χ1n) is 4.70. The molecular formula is C9H20F3N. The molecule has 0 aromatic heterocycles. The zero-order valence-corrected chi connectivity index (χ0v) is 9.00. The van der Waals surface area contributed by atoms with Gasteiger partial charge in [0.05, 0.1) is 0 Å². The van der Waals surface area contributed by atoms with Crippen LogP contribution in [-0.2, 0) is 0 Å². The summed E-state index contributed by atoms with van der Waals surface area (Å²) >= 11 is 0. The first-order chi connectivity index (χ1) is 5.88. The van der Waals surface area contributed by atoms with E-state index in [1.807, 2.05) is 13.8 Å². The fourth-order valence-electron chi connectivity index (χ4n) is 0.846. The normalized spacial score (nSPS) is 13.6. The number of alkyl halides is 3. The smallest absolute Gasteiger partial charge is 0.304 e. The van der Waals surface area contributed by atoms with E-state index in [2.05, 4.69) is 5.32 Å². The van der Waals surface area contributed by atoms with Crippen LogP contribution in [0.1, 0.15) is 41.0 Å². The molecule has 0 bridgehead atoms. The third-order valence-corrected chi connectivity index (χ3v) is 1.34. The Labute approximate surface area is 78.7 Å². The summed E-state index contributed by atoms with van der Waals surface area (Å²) in [6.07, 6.45) is -4.03. The van der Waals surface area contributed by atoms with Crippen LogP contribution in [0.3, 0.4) is 0 Å². The van der Waals surface area contributed by atoms with E-state index in [4.69, 9.17) is 0 Å². The van der Waals surface area contributed by atoms with Gasteiger partial charge in [-0.05, 0) is 6.42 Å². The molecule has 0 fully saturated rings. The minimum Gasteiger partial charge on any atom is -0.304 e. The highest BCUT2D eigenvalue weighted by atomic mass is 19.4. The van der Waals surface area contributed by atoms with Gasteiger partial charge in [-0.25, -0.2) is 0 Å². The monoisotopic (exact) mass is 199 g/mol. The first-order valence-corrected chi connectivity index (χ1v) is 4.70. The highest BCUT2D eigenvalue weighted by Crippen LogP contribution is 2.22. The lowest BCUT2D eigenvalue weighted by molar-refractivity contribution is -0.157.